The van der Waals surface area contributed by atoms with Crippen molar-refractivity contribution >= 4 is 21.9 Å². The molecule has 8 rings (SSSR count). The first-order chi connectivity index (χ1) is 28.2. The third-order valence-electron chi connectivity index (χ3n) is 10.4. The van der Waals surface area contributed by atoms with Crippen molar-refractivity contribution in [3.63, 3.8) is 0 Å². The summed E-state index contributed by atoms with van der Waals surface area (Å²) in [6, 6.07) is 29.7. The molecule has 5 heteroatoms. The fourth-order valence-electron chi connectivity index (χ4n) is 7.79. The van der Waals surface area contributed by atoms with Gasteiger partial charge in [0.05, 0.1) is 5.58 Å². The average molecular weight is 873 g/mol. The molecule has 0 bridgehead atoms. The van der Waals surface area contributed by atoms with E-state index in [9.17, 15) is 0 Å². The third-order valence-corrected chi connectivity index (χ3v) is 10.4. The molecule has 4 aromatic carbocycles. The molecule has 3 heterocycles. The second-order valence-corrected chi connectivity index (χ2v) is 14.7. The maximum absolute atomic E-state index is 8.78. The van der Waals surface area contributed by atoms with Crippen LogP contribution >= 0.6 is 0 Å². The normalized spacial score (nSPS) is 20.2. The van der Waals surface area contributed by atoms with Crippen LogP contribution in [0.4, 0.5) is 0 Å². The Morgan fingerprint density at radius 2 is 1.62 bits per heavy atom. The Balaban J connectivity index is 0.00000561. The van der Waals surface area contributed by atoms with Gasteiger partial charge in [-0.3, -0.25) is 0 Å². The number of rotatable bonds is 6. The second-order valence-electron chi connectivity index (χ2n) is 14.7. The van der Waals surface area contributed by atoms with Gasteiger partial charge < -0.3 is 19.1 Å². The number of fused-ring (bicyclic) bond motifs is 3. The van der Waals surface area contributed by atoms with Crippen LogP contribution in [0.25, 0.3) is 55.6 Å². The maximum atomic E-state index is 8.78. The van der Waals surface area contributed by atoms with Gasteiger partial charge in [0.25, 0.3) is 0 Å². The first-order valence-corrected chi connectivity index (χ1v) is 17.4. The minimum Gasteiger partial charge on any atom is -0.501 e. The van der Waals surface area contributed by atoms with E-state index in [-0.39, 0.29) is 60.4 Å². The van der Waals surface area contributed by atoms with E-state index in [0.717, 1.165) is 36.4 Å². The van der Waals surface area contributed by atoms with Crippen LogP contribution in [0.3, 0.4) is 0 Å². The fourth-order valence-corrected chi connectivity index (χ4v) is 7.79. The molecule has 7 aromatic rings. The van der Waals surface area contributed by atoms with Crippen LogP contribution in [0.15, 0.2) is 95.7 Å². The van der Waals surface area contributed by atoms with E-state index in [2.05, 4.69) is 50.9 Å². The van der Waals surface area contributed by atoms with Crippen LogP contribution in [0.2, 0.25) is 0 Å². The predicted molar refractivity (Wildman–Crippen MR) is 208 cm³/mol. The van der Waals surface area contributed by atoms with Gasteiger partial charge in [0.15, 0.2) is 0 Å². The molecule has 1 saturated carbocycles. The zero-order valence-corrected chi connectivity index (χ0v) is 31.7. The average Bonchev–Trinajstić information content (AvgIpc) is 3.55. The molecular weight excluding hydrogens is 820 g/mol. The summed E-state index contributed by atoms with van der Waals surface area (Å²) >= 11 is 0. The number of hydrogen-bond donors (Lipinski definition) is 0. The van der Waals surface area contributed by atoms with Crippen molar-refractivity contribution in [1.82, 2.24) is 9.97 Å². The van der Waals surface area contributed by atoms with E-state index in [1.807, 2.05) is 36.5 Å². The minimum absolute atomic E-state index is 0. The summed E-state index contributed by atoms with van der Waals surface area (Å²) in [6.07, 6.45) is 6.21. The number of aryl methyl sites for hydroxylation is 3. The van der Waals surface area contributed by atoms with Gasteiger partial charge in [-0.25, -0.2) is 0 Å². The van der Waals surface area contributed by atoms with Crippen molar-refractivity contribution < 1.29 is 42.6 Å². The van der Waals surface area contributed by atoms with Crippen molar-refractivity contribution in [2.24, 2.45) is 11.3 Å². The zero-order valence-electron chi connectivity index (χ0n) is 38.5. The van der Waals surface area contributed by atoms with Gasteiger partial charge in [0.1, 0.15) is 5.58 Å². The van der Waals surface area contributed by atoms with Crippen LogP contribution in [-0.4, -0.2) is 9.97 Å². The summed E-state index contributed by atoms with van der Waals surface area (Å²) < 4.78 is 88.0. The Kier molecular flexibility index (Phi) is 7.14. The molecule has 0 aliphatic heterocycles. The molecular formula is C47H44N2O2Pt. The number of hydrogen-bond acceptors (Lipinski definition) is 4. The van der Waals surface area contributed by atoms with Gasteiger partial charge >= 0.3 is 21.1 Å². The van der Waals surface area contributed by atoms with Crippen molar-refractivity contribution in [2.45, 2.75) is 73.4 Å². The molecule has 1 aliphatic carbocycles. The number of ether oxygens (including phenoxy) is 1. The van der Waals surface area contributed by atoms with Gasteiger partial charge in [0.2, 0.25) is 0 Å². The van der Waals surface area contributed by atoms with E-state index in [1.54, 1.807) is 36.4 Å². The summed E-state index contributed by atoms with van der Waals surface area (Å²) in [5.41, 5.74) is 5.16. The number of aromatic nitrogens is 2. The van der Waals surface area contributed by atoms with Gasteiger partial charge in [-0.2, -0.15) is 0 Å². The SMILES string of the molecule is [2H]C([2H])([2H])c1cnc(-c2[c-]c(Oc3[c-]c(-c4cc(C5CCC(C)(C)CC5C)c(C)cn4)c4oc5ccccc5c4c3)c(C([2H])([2H])[2H])c(-c3ccccc3)c2)cc1C([2H])([2H])[2H].[Pt+2]. The molecule has 0 amide bonds. The second kappa shape index (κ2) is 14.1. The van der Waals surface area contributed by atoms with E-state index in [1.165, 1.54) is 11.6 Å². The smallest absolute Gasteiger partial charge is 0.501 e. The number of nitrogens with zero attached hydrogens (tertiary/aromatic N) is 2. The maximum Gasteiger partial charge on any atom is 2.00 e. The molecule has 0 radical (unpaired) electrons. The zero-order chi connectivity index (χ0) is 42.9. The van der Waals surface area contributed by atoms with Crippen LogP contribution < -0.4 is 4.74 Å². The first kappa shape index (κ1) is 26.3. The summed E-state index contributed by atoms with van der Waals surface area (Å²) in [7, 11) is 0. The van der Waals surface area contributed by atoms with E-state index in [4.69, 9.17) is 26.5 Å². The molecule has 52 heavy (non-hydrogen) atoms. The molecule has 1 aliphatic rings. The molecule has 2 unspecified atom stereocenters. The Labute approximate surface area is 334 Å². The van der Waals surface area contributed by atoms with Gasteiger partial charge in [-0.15, -0.1) is 11.6 Å². The van der Waals surface area contributed by atoms with Crippen LogP contribution in [0, 0.1) is 50.9 Å². The fraction of sp³-hybridized carbons (Fsp3) is 0.277. The summed E-state index contributed by atoms with van der Waals surface area (Å²) in [5, 5.41) is 1.53. The number of pyridine rings is 2. The molecule has 0 N–H and O–H groups in total. The molecule has 2 atom stereocenters. The van der Waals surface area contributed by atoms with Crippen molar-refractivity contribution in [1.29, 1.82) is 0 Å². The molecule has 1 fully saturated rings. The molecule has 3 aromatic heterocycles. The number of benzene rings is 4. The number of para-hydroxylation sites is 1. The van der Waals surface area contributed by atoms with Crippen LogP contribution in [0.5, 0.6) is 11.5 Å². The molecule has 264 valence electrons. The largest absolute Gasteiger partial charge is 2.00 e. The van der Waals surface area contributed by atoms with Crippen molar-refractivity contribution in [3.8, 4) is 45.1 Å². The van der Waals surface area contributed by atoms with Gasteiger partial charge in [-0.05, 0) is 96.8 Å². The topological polar surface area (TPSA) is 48.2 Å². The first-order valence-electron chi connectivity index (χ1n) is 21.9. The number of furan rings is 1. The Morgan fingerprint density at radius 3 is 2.40 bits per heavy atom. The van der Waals surface area contributed by atoms with E-state index < -0.39 is 31.7 Å². The summed E-state index contributed by atoms with van der Waals surface area (Å²) in [4.78, 5) is 9.29. The van der Waals surface area contributed by atoms with E-state index in [0.29, 0.717) is 45.2 Å². The van der Waals surface area contributed by atoms with Crippen molar-refractivity contribution in [2.75, 3.05) is 0 Å². The summed E-state index contributed by atoms with van der Waals surface area (Å²) in [6.45, 7) is 0.832. The predicted octanol–water partition coefficient (Wildman–Crippen LogP) is 12.9. The Bertz CT molecular complexity index is 2760. The quantitative estimate of drug-likeness (QED) is 0.156. The standard InChI is InChI=1S/C47H44N2O2.Pt/c1-28-19-42(48-26-30(28)3)34-20-39(33-13-9-8-10-14-33)32(5)45(21-34)50-35-22-40-37-15-11-12-16-44(37)51-46(40)41(23-35)43-24-38(31(4)27-49-43)36-17-18-47(6,7)25-29(36)2;/h8-16,19-20,22,24,26-27,29,36H,17-18,25H2,1-7H3;/q-2;+2/i1D3,3D3,5D3;. The third kappa shape index (κ3) is 6.74. The Hall–Kier alpha value is -4.53. The molecule has 4 nitrogen and oxygen atoms in total. The monoisotopic (exact) mass is 872 g/mol. The van der Waals surface area contributed by atoms with Gasteiger partial charge in [-0.1, -0.05) is 134 Å². The van der Waals surface area contributed by atoms with E-state index >= 15 is 0 Å². The summed E-state index contributed by atoms with van der Waals surface area (Å²) in [5.74, 6) is 0.818. The van der Waals surface area contributed by atoms with Gasteiger partial charge in [0, 0.05) is 41.6 Å². The minimum atomic E-state index is -2.79. The Morgan fingerprint density at radius 1 is 0.846 bits per heavy atom. The van der Waals surface area contributed by atoms with Crippen LogP contribution in [-0.2, 0) is 21.1 Å². The molecule has 0 spiro atoms. The van der Waals surface area contributed by atoms with Crippen molar-refractivity contribution in [3.05, 3.63) is 131 Å². The molecule has 0 saturated heterocycles. The van der Waals surface area contributed by atoms with Crippen LogP contribution in [0.1, 0.15) is 86.1 Å².